The van der Waals surface area contributed by atoms with Gasteiger partial charge in [-0.3, -0.25) is 4.79 Å². The van der Waals surface area contributed by atoms with Crippen molar-refractivity contribution in [3.8, 4) is 0 Å². The highest BCUT2D eigenvalue weighted by Gasteiger charge is 2.34. The first-order valence-corrected chi connectivity index (χ1v) is 6.55. The number of aryl methyl sites for hydroxylation is 1. The zero-order valence-corrected chi connectivity index (χ0v) is 10.7. The van der Waals surface area contributed by atoms with Crippen LogP contribution in [0.3, 0.4) is 0 Å². The highest BCUT2D eigenvalue weighted by Crippen LogP contribution is 2.45. The lowest BCUT2D eigenvalue weighted by Crippen LogP contribution is -2.08. The Kier molecular flexibility index (Phi) is 2.81. The van der Waals surface area contributed by atoms with Crippen molar-refractivity contribution in [2.45, 2.75) is 32.1 Å². The summed E-state index contributed by atoms with van der Waals surface area (Å²) in [6.07, 6.45) is 3.95. The molecule has 1 unspecified atom stereocenters. The van der Waals surface area contributed by atoms with Gasteiger partial charge in [0.2, 0.25) is 0 Å². The largest absolute Gasteiger partial charge is 0.481 e. The van der Waals surface area contributed by atoms with Crippen LogP contribution in [0.1, 0.15) is 36.3 Å². The van der Waals surface area contributed by atoms with E-state index < -0.39 is 5.97 Å². The third-order valence-electron chi connectivity index (χ3n) is 3.98. The molecule has 1 atom stereocenters. The Labute approximate surface area is 110 Å². The minimum absolute atomic E-state index is 0.0642. The van der Waals surface area contributed by atoms with Crippen molar-refractivity contribution in [2.75, 3.05) is 0 Å². The predicted octanol–water partition coefficient (Wildman–Crippen LogP) is 3.58. The summed E-state index contributed by atoms with van der Waals surface area (Å²) in [5, 5.41) is 9.87. The van der Waals surface area contributed by atoms with Gasteiger partial charge in [-0.1, -0.05) is 0 Å². The second-order valence-corrected chi connectivity index (χ2v) is 5.44. The van der Waals surface area contributed by atoms with Gasteiger partial charge in [-0.05, 0) is 54.9 Å². The second kappa shape index (κ2) is 4.37. The van der Waals surface area contributed by atoms with Crippen LogP contribution in [0.2, 0.25) is 0 Å². The molecule has 100 valence electrons. The number of aromatic nitrogens is 1. The van der Waals surface area contributed by atoms with Crippen molar-refractivity contribution in [1.82, 2.24) is 4.98 Å². The van der Waals surface area contributed by atoms with Crippen molar-refractivity contribution < 1.29 is 14.3 Å². The summed E-state index contributed by atoms with van der Waals surface area (Å²) < 4.78 is 14.1. The summed E-state index contributed by atoms with van der Waals surface area (Å²) in [5.74, 6) is -0.780. The normalized spacial score (nSPS) is 16.7. The van der Waals surface area contributed by atoms with Gasteiger partial charge in [0.15, 0.2) is 0 Å². The molecule has 1 aromatic heterocycles. The maximum Gasteiger partial charge on any atom is 0.303 e. The fourth-order valence-corrected chi connectivity index (χ4v) is 2.80. The number of nitrogens with one attached hydrogen (secondary N) is 1. The van der Waals surface area contributed by atoms with Crippen LogP contribution in [0.4, 0.5) is 4.39 Å². The molecule has 0 amide bonds. The van der Waals surface area contributed by atoms with Crippen LogP contribution < -0.4 is 0 Å². The maximum atomic E-state index is 14.1. The van der Waals surface area contributed by atoms with E-state index in [2.05, 4.69) is 4.98 Å². The number of hydrogen-bond acceptors (Lipinski definition) is 1. The van der Waals surface area contributed by atoms with Gasteiger partial charge in [-0.25, -0.2) is 4.39 Å². The highest BCUT2D eigenvalue weighted by molar-refractivity contribution is 5.84. The number of carbonyl (C=O) groups is 1. The standard InChI is InChI=1S/C15H16FNO2/c1-8-7-17-15-11(8)4-10(5-13(15)16)12(6-14(18)19)9-2-3-9/h4-5,7,9,12,17H,2-3,6H2,1H3,(H,18,19). The molecule has 3 nitrogen and oxygen atoms in total. The SMILES string of the molecule is Cc1c[nH]c2c(F)cc(C(CC(=O)O)C3CC3)cc12. The van der Waals surface area contributed by atoms with Gasteiger partial charge in [-0.15, -0.1) is 0 Å². The van der Waals surface area contributed by atoms with Gasteiger partial charge < -0.3 is 10.1 Å². The third-order valence-corrected chi connectivity index (χ3v) is 3.98. The molecule has 0 aliphatic heterocycles. The monoisotopic (exact) mass is 261 g/mol. The van der Waals surface area contributed by atoms with Crippen LogP contribution in [-0.4, -0.2) is 16.1 Å². The van der Waals surface area contributed by atoms with E-state index in [9.17, 15) is 9.18 Å². The second-order valence-electron chi connectivity index (χ2n) is 5.44. The molecule has 4 heteroatoms. The van der Waals surface area contributed by atoms with E-state index in [1.54, 1.807) is 6.20 Å². The number of fused-ring (bicyclic) bond motifs is 1. The number of carboxylic acids is 1. The van der Waals surface area contributed by atoms with Crippen molar-refractivity contribution >= 4 is 16.9 Å². The van der Waals surface area contributed by atoms with Crippen LogP contribution in [0.5, 0.6) is 0 Å². The number of aromatic amines is 1. The lowest BCUT2D eigenvalue weighted by Gasteiger charge is -2.15. The summed E-state index contributed by atoms with van der Waals surface area (Å²) >= 11 is 0. The minimum Gasteiger partial charge on any atom is -0.481 e. The van der Waals surface area contributed by atoms with Crippen molar-refractivity contribution in [1.29, 1.82) is 0 Å². The Hall–Kier alpha value is -1.84. The molecule has 19 heavy (non-hydrogen) atoms. The molecule has 1 aliphatic rings. The number of benzene rings is 1. The Morgan fingerprint density at radius 1 is 1.53 bits per heavy atom. The molecular formula is C15H16FNO2. The molecule has 1 saturated carbocycles. The molecule has 1 aliphatic carbocycles. The zero-order valence-electron chi connectivity index (χ0n) is 10.7. The topological polar surface area (TPSA) is 53.1 Å². The van der Waals surface area contributed by atoms with E-state index in [1.165, 1.54) is 6.07 Å². The number of halogens is 1. The van der Waals surface area contributed by atoms with E-state index in [0.29, 0.717) is 11.4 Å². The third kappa shape index (κ3) is 2.23. The molecule has 0 bridgehead atoms. The molecule has 0 saturated heterocycles. The van der Waals surface area contributed by atoms with Crippen molar-refractivity contribution in [3.05, 3.63) is 35.3 Å². The molecule has 2 aromatic rings. The summed E-state index contributed by atoms with van der Waals surface area (Å²) in [5.41, 5.74) is 2.31. The predicted molar refractivity (Wildman–Crippen MR) is 70.7 cm³/mol. The summed E-state index contributed by atoms with van der Waals surface area (Å²) in [4.78, 5) is 13.9. The fourth-order valence-electron chi connectivity index (χ4n) is 2.80. The van der Waals surface area contributed by atoms with Gasteiger partial charge in [0.1, 0.15) is 5.82 Å². The van der Waals surface area contributed by atoms with Crippen LogP contribution >= 0.6 is 0 Å². The molecule has 1 fully saturated rings. The fraction of sp³-hybridized carbons (Fsp3) is 0.400. The Morgan fingerprint density at radius 3 is 2.89 bits per heavy atom. The first-order valence-electron chi connectivity index (χ1n) is 6.55. The molecule has 3 rings (SSSR count). The highest BCUT2D eigenvalue weighted by atomic mass is 19.1. The summed E-state index contributed by atoms with van der Waals surface area (Å²) in [7, 11) is 0. The smallest absolute Gasteiger partial charge is 0.303 e. The molecule has 1 aromatic carbocycles. The average molecular weight is 261 g/mol. The summed E-state index contributed by atoms with van der Waals surface area (Å²) in [6.45, 7) is 1.92. The van der Waals surface area contributed by atoms with E-state index in [1.807, 2.05) is 13.0 Å². The Bertz CT molecular complexity index is 643. The van der Waals surface area contributed by atoms with Crippen LogP contribution in [0.15, 0.2) is 18.3 Å². The van der Waals surface area contributed by atoms with E-state index in [-0.39, 0.29) is 18.2 Å². The van der Waals surface area contributed by atoms with Gasteiger partial charge in [-0.2, -0.15) is 0 Å². The average Bonchev–Trinajstić information content (AvgIpc) is 3.11. The van der Waals surface area contributed by atoms with Gasteiger partial charge in [0.05, 0.1) is 11.9 Å². The number of hydrogen-bond donors (Lipinski definition) is 2. The van der Waals surface area contributed by atoms with Crippen molar-refractivity contribution in [2.24, 2.45) is 5.92 Å². The Balaban J connectivity index is 2.07. The molecule has 2 N–H and O–H groups in total. The van der Waals surface area contributed by atoms with Gasteiger partial charge in [0, 0.05) is 11.6 Å². The number of aliphatic carboxylic acids is 1. The van der Waals surface area contributed by atoms with Crippen molar-refractivity contribution in [3.63, 3.8) is 0 Å². The summed E-state index contributed by atoms with van der Waals surface area (Å²) in [6, 6.07) is 3.43. The minimum atomic E-state index is -0.816. The molecule has 0 radical (unpaired) electrons. The van der Waals surface area contributed by atoms with E-state index in [4.69, 9.17) is 5.11 Å². The van der Waals surface area contributed by atoms with Gasteiger partial charge >= 0.3 is 5.97 Å². The quantitative estimate of drug-likeness (QED) is 0.883. The first kappa shape index (κ1) is 12.2. The first-order chi connectivity index (χ1) is 9.06. The molecule has 1 heterocycles. The molecule has 0 spiro atoms. The van der Waals surface area contributed by atoms with Crippen LogP contribution in [0, 0.1) is 18.7 Å². The number of carboxylic acid groups (broad SMARTS) is 1. The lowest BCUT2D eigenvalue weighted by molar-refractivity contribution is -0.137. The maximum absolute atomic E-state index is 14.1. The Morgan fingerprint density at radius 2 is 2.26 bits per heavy atom. The van der Waals surface area contributed by atoms with Crippen LogP contribution in [-0.2, 0) is 4.79 Å². The number of H-pyrrole nitrogens is 1. The van der Waals surface area contributed by atoms with E-state index >= 15 is 0 Å². The van der Waals surface area contributed by atoms with Crippen LogP contribution in [0.25, 0.3) is 10.9 Å². The zero-order chi connectivity index (χ0) is 13.6. The molecular weight excluding hydrogens is 245 g/mol. The van der Waals surface area contributed by atoms with Gasteiger partial charge in [0.25, 0.3) is 0 Å². The lowest BCUT2D eigenvalue weighted by atomic mass is 9.90. The van der Waals surface area contributed by atoms with E-state index in [0.717, 1.165) is 29.4 Å². The number of rotatable bonds is 4.